The smallest absolute Gasteiger partial charge is 0.151 e. The third-order valence-electron chi connectivity index (χ3n) is 3.81. The molecule has 0 aromatic heterocycles. The Hall–Kier alpha value is -0.130. The van der Waals surface area contributed by atoms with Crippen LogP contribution in [-0.4, -0.2) is 50.0 Å². The summed E-state index contributed by atoms with van der Waals surface area (Å²) in [6.07, 6.45) is 4.01. The quantitative estimate of drug-likeness (QED) is 0.727. The topological polar surface area (TPSA) is 63.4 Å². The molecule has 0 bridgehead atoms. The summed E-state index contributed by atoms with van der Waals surface area (Å²) < 4.78 is 22.7. The van der Waals surface area contributed by atoms with Crippen LogP contribution in [0.2, 0.25) is 0 Å². The number of hydrogen-bond donors (Lipinski definition) is 1. The van der Waals surface area contributed by atoms with Gasteiger partial charge in [-0.05, 0) is 32.7 Å². The molecule has 0 aromatic rings. The van der Waals surface area contributed by atoms with Crippen molar-refractivity contribution < 1.29 is 8.42 Å². The highest BCUT2D eigenvalue weighted by molar-refractivity contribution is 7.91. The molecule has 1 saturated heterocycles. The minimum absolute atomic E-state index is 0.227. The van der Waals surface area contributed by atoms with E-state index in [0.29, 0.717) is 23.6 Å². The van der Waals surface area contributed by atoms with Gasteiger partial charge in [0.25, 0.3) is 0 Å². The van der Waals surface area contributed by atoms with Crippen LogP contribution in [0, 0.1) is 0 Å². The van der Waals surface area contributed by atoms with E-state index in [2.05, 4.69) is 4.90 Å². The van der Waals surface area contributed by atoms with Crippen LogP contribution in [0.25, 0.3) is 0 Å². The zero-order chi connectivity index (χ0) is 11.1. The molecule has 0 radical (unpaired) electrons. The Labute approximate surface area is 91.7 Å². The van der Waals surface area contributed by atoms with Gasteiger partial charge in [-0.15, -0.1) is 0 Å². The fourth-order valence-electron chi connectivity index (χ4n) is 2.76. The van der Waals surface area contributed by atoms with Crippen molar-refractivity contribution >= 4 is 9.84 Å². The first-order chi connectivity index (χ1) is 6.98. The number of hydrogen-bond acceptors (Lipinski definition) is 4. The minimum atomic E-state index is -2.76. The molecule has 2 fully saturated rings. The van der Waals surface area contributed by atoms with Crippen molar-refractivity contribution in [1.29, 1.82) is 0 Å². The Morgan fingerprint density at radius 1 is 1.20 bits per heavy atom. The summed E-state index contributed by atoms with van der Waals surface area (Å²) in [6.45, 7) is 0. The lowest BCUT2D eigenvalue weighted by Crippen LogP contribution is -2.40. The van der Waals surface area contributed by atoms with Gasteiger partial charge in [0.05, 0.1) is 11.5 Å². The molecular weight excluding hydrogens is 212 g/mol. The zero-order valence-electron chi connectivity index (χ0n) is 9.22. The van der Waals surface area contributed by atoms with Crippen molar-refractivity contribution in [2.24, 2.45) is 5.73 Å². The third-order valence-corrected chi connectivity index (χ3v) is 5.56. The third kappa shape index (κ3) is 2.52. The van der Waals surface area contributed by atoms with Crippen molar-refractivity contribution in [3.63, 3.8) is 0 Å². The molecule has 3 atom stereocenters. The van der Waals surface area contributed by atoms with E-state index in [1.807, 2.05) is 7.05 Å². The molecule has 2 rings (SSSR count). The molecule has 3 unspecified atom stereocenters. The van der Waals surface area contributed by atoms with E-state index in [1.165, 1.54) is 0 Å². The molecule has 1 heterocycles. The second kappa shape index (κ2) is 4.03. The van der Waals surface area contributed by atoms with E-state index < -0.39 is 9.84 Å². The lowest BCUT2D eigenvalue weighted by Gasteiger charge is -2.29. The fraction of sp³-hybridized carbons (Fsp3) is 1.00. The van der Waals surface area contributed by atoms with E-state index in [4.69, 9.17) is 5.73 Å². The van der Waals surface area contributed by atoms with E-state index in [9.17, 15) is 8.42 Å². The van der Waals surface area contributed by atoms with Crippen LogP contribution in [0.1, 0.15) is 25.7 Å². The van der Waals surface area contributed by atoms with Crippen LogP contribution in [0.5, 0.6) is 0 Å². The zero-order valence-corrected chi connectivity index (χ0v) is 10.0. The maximum Gasteiger partial charge on any atom is 0.151 e. The molecule has 1 saturated carbocycles. The lowest BCUT2D eigenvalue weighted by molar-refractivity contribution is 0.188. The Bertz CT molecular complexity index is 328. The van der Waals surface area contributed by atoms with Gasteiger partial charge in [-0.25, -0.2) is 8.42 Å². The second-order valence-electron chi connectivity index (χ2n) is 4.95. The van der Waals surface area contributed by atoms with Gasteiger partial charge in [0.15, 0.2) is 9.84 Å². The van der Waals surface area contributed by atoms with E-state index >= 15 is 0 Å². The Balaban J connectivity index is 1.94. The fourth-order valence-corrected chi connectivity index (χ4v) is 4.54. The average molecular weight is 232 g/mol. The lowest BCUT2D eigenvalue weighted by atomic mass is 10.1. The molecule has 2 N–H and O–H groups in total. The summed E-state index contributed by atoms with van der Waals surface area (Å²) in [4.78, 5) is 2.25. The number of nitrogens with two attached hydrogens (primary N) is 1. The molecule has 0 aromatic carbocycles. The second-order valence-corrected chi connectivity index (χ2v) is 7.18. The predicted octanol–water partition coefficient (Wildman–Crippen LogP) is -0.0149. The van der Waals surface area contributed by atoms with Crippen LogP contribution in [0.4, 0.5) is 0 Å². The highest BCUT2D eigenvalue weighted by Crippen LogP contribution is 2.26. The maximum absolute atomic E-state index is 11.4. The van der Waals surface area contributed by atoms with E-state index in [-0.39, 0.29) is 6.04 Å². The van der Waals surface area contributed by atoms with Gasteiger partial charge in [-0.2, -0.15) is 0 Å². The van der Waals surface area contributed by atoms with Crippen molar-refractivity contribution in [1.82, 2.24) is 4.90 Å². The normalized spacial score (nSPS) is 40.1. The highest BCUT2D eigenvalue weighted by Gasteiger charge is 2.35. The first-order valence-corrected chi connectivity index (χ1v) is 7.48. The van der Waals surface area contributed by atoms with Crippen LogP contribution < -0.4 is 5.73 Å². The van der Waals surface area contributed by atoms with Gasteiger partial charge in [0, 0.05) is 18.1 Å². The summed E-state index contributed by atoms with van der Waals surface area (Å²) >= 11 is 0. The van der Waals surface area contributed by atoms with Crippen molar-refractivity contribution in [2.75, 3.05) is 18.6 Å². The highest BCUT2D eigenvalue weighted by atomic mass is 32.2. The summed E-state index contributed by atoms with van der Waals surface area (Å²) in [7, 11) is -0.707. The average Bonchev–Trinajstić information content (AvgIpc) is 2.71. The minimum Gasteiger partial charge on any atom is -0.328 e. The van der Waals surface area contributed by atoms with E-state index in [0.717, 1.165) is 25.7 Å². The maximum atomic E-state index is 11.4. The van der Waals surface area contributed by atoms with Crippen LogP contribution in [0.3, 0.4) is 0 Å². The van der Waals surface area contributed by atoms with Gasteiger partial charge in [0.2, 0.25) is 0 Å². The summed E-state index contributed by atoms with van der Waals surface area (Å²) in [5.41, 5.74) is 5.87. The molecule has 1 aliphatic heterocycles. The molecule has 0 spiro atoms. The van der Waals surface area contributed by atoms with Gasteiger partial charge in [-0.3, -0.25) is 4.90 Å². The monoisotopic (exact) mass is 232 g/mol. The first kappa shape index (κ1) is 11.4. The summed E-state index contributed by atoms with van der Waals surface area (Å²) in [6, 6.07) is 1.04. The first-order valence-electron chi connectivity index (χ1n) is 5.66. The number of nitrogens with zero attached hydrogens (tertiary/aromatic N) is 1. The van der Waals surface area contributed by atoms with Crippen LogP contribution >= 0.6 is 0 Å². The van der Waals surface area contributed by atoms with Crippen LogP contribution in [0.15, 0.2) is 0 Å². The predicted molar refractivity (Wildman–Crippen MR) is 60.4 cm³/mol. The summed E-state index contributed by atoms with van der Waals surface area (Å²) in [5, 5.41) is 0. The van der Waals surface area contributed by atoms with Gasteiger partial charge in [-0.1, -0.05) is 0 Å². The Morgan fingerprint density at radius 2 is 1.93 bits per heavy atom. The standard InChI is InChI=1S/C10H20N2O2S/c1-12(9-3-2-8(11)6-9)10-4-5-15(13,14)7-10/h8-10H,2-7,11H2,1H3. The molecule has 2 aliphatic rings. The molecule has 88 valence electrons. The Kier molecular flexibility index (Phi) is 3.05. The van der Waals surface area contributed by atoms with Crippen molar-refractivity contribution in [3.8, 4) is 0 Å². The molecule has 5 heteroatoms. The van der Waals surface area contributed by atoms with Gasteiger partial charge >= 0.3 is 0 Å². The Morgan fingerprint density at radius 3 is 2.40 bits per heavy atom. The number of rotatable bonds is 2. The summed E-state index contributed by atoms with van der Waals surface area (Å²) in [5.74, 6) is 0.704. The van der Waals surface area contributed by atoms with Gasteiger partial charge < -0.3 is 5.73 Å². The van der Waals surface area contributed by atoms with Crippen molar-refractivity contribution in [3.05, 3.63) is 0 Å². The van der Waals surface area contributed by atoms with E-state index in [1.54, 1.807) is 0 Å². The molecule has 0 amide bonds. The SMILES string of the molecule is CN(C1CCC(N)C1)C1CCS(=O)(=O)C1. The van der Waals surface area contributed by atoms with Crippen molar-refractivity contribution in [2.45, 2.75) is 43.8 Å². The van der Waals surface area contributed by atoms with Crippen LogP contribution in [-0.2, 0) is 9.84 Å². The number of sulfone groups is 1. The molecule has 1 aliphatic carbocycles. The largest absolute Gasteiger partial charge is 0.328 e. The van der Waals surface area contributed by atoms with Gasteiger partial charge in [0.1, 0.15) is 0 Å². The molecular formula is C10H20N2O2S. The molecule has 4 nitrogen and oxygen atoms in total. The molecule has 15 heavy (non-hydrogen) atoms.